The number of ether oxygens (including phenoxy) is 2. The van der Waals surface area contributed by atoms with Gasteiger partial charge in [-0.2, -0.15) is 0 Å². The lowest BCUT2D eigenvalue weighted by Crippen LogP contribution is -2.18. The maximum absolute atomic E-state index is 5.77. The normalized spacial score (nSPS) is 13.8. The number of hydrogen-bond acceptors (Lipinski definition) is 3. The fourth-order valence-corrected chi connectivity index (χ4v) is 2.71. The van der Waals surface area contributed by atoms with Crippen molar-refractivity contribution in [2.75, 3.05) is 26.8 Å². The van der Waals surface area contributed by atoms with Crippen molar-refractivity contribution in [2.45, 2.75) is 19.8 Å². The van der Waals surface area contributed by atoms with Crippen LogP contribution in [0.15, 0.2) is 10.5 Å². The van der Waals surface area contributed by atoms with Gasteiger partial charge in [-0.1, -0.05) is 6.92 Å². The third-order valence-corrected chi connectivity index (χ3v) is 3.55. The standard InChI is InChI=1S/C13H18BrNO2/c1-3-10-9(4-5-15-2)8-11(14)13-12(10)16-6-7-17-13/h8,15H,3-7H2,1-2H3. The lowest BCUT2D eigenvalue weighted by Gasteiger charge is -2.24. The van der Waals surface area contributed by atoms with Gasteiger partial charge in [-0.25, -0.2) is 0 Å². The van der Waals surface area contributed by atoms with E-state index in [1.165, 1.54) is 11.1 Å². The number of hydrogen-bond donors (Lipinski definition) is 1. The predicted octanol–water partition coefficient (Wildman–Crippen LogP) is 2.54. The molecule has 1 heterocycles. The Morgan fingerprint density at radius 2 is 2.00 bits per heavy atom. The monoisotopic (exact) mass is 299 g/mol. The Hall–Kier alpha value is -0.740. The van der Waals surface area contributed by atoms with Crippen LogP contribution in [0.2, 0.25) is 0 Å². The molecule has 0 aromatic heterocycles. The molecule has 3 nitrogen and oxygen atoms in total. The summed E-state index contributed by atoms with van der Waals surface area (Å²) in [6.07, 6.45) is 1.98. The molecule has 0 unspecified atom stereocenters. The van der Waals surface area contributed by atoms with Crippen molar-refractivity contribution in [3.8, 4) is 11.5 Å². The van der Waals surface area contributed by atoms with Gasteiger partial charge in [0.2, 0.25) is 0 Å². The summed E-state index contributed by atoms with van der Waals surface area (Å²) < 4.78 is 12.4. The van der Waals surface area contributed by atoms with E-state index < -0.39 is 0 Å². The van der Waals surface area contributed by atoms with E-state index in [0.29, 0.717) is 13.2 Å². The van der Waals surface area contributed by atoms with Crippen molar-refractivity contribution in [3.05, 3.63) is 21.7 Å². The van der Waals surface area contributed by atoms with Gasteiger partial charge in [0.05, 0.1) is 4.47 Å². The second-order valence-corrected chi connectivity index (χ2v) is 4.91. The number of benzene rings is 1. The van der Waals surface area contributed by atoms with Crippen molar-refractivity contribution in [1.82, 2.24) is 5.32 Å². The fourth-order valence-electron chi connectivity index (χ4n) is 2.14. The first-order valence-corrected chi connectivity index (χ1v) is 6.81. The predicted molar refractivity (Wildman–Crippen MR) is 72.1 cm³/mol. The summed E-state index contributed by atoms with van der Waals surface area (Å²) in [4.78, 5) is 0. The van der Waals surface area contributed by atoms with E-state index in [1.807, 2.05) is 7.05 Å². The molecular weight excluding hydrogens is 282 g/mol. The number of rotatable bonds is 4. The van der Waals surface area contributed by atoms with Gasteiger partial charge in [-0.05, 0) is 54.0 Å². The summed E-state index contributed by atoms with van der Waals surface area (Å²) in [6, 6.07) is 2.16. The van der Waals surface area contributed by atoms with Crippen molar-refractivity contribution in [3.63, 3.8) is 0 Å². The Morgan fingerprint density at radius 1 is 1.29 bits per heavy atom. The van der Waals surface area contributed by atoms with Crippen LogP contribution in [0, 0.1) is 0 Å². The number of fused-ring (bicyclic) bond motifs is 1. The minimum atomic E-state index is 0.630. The van der Waals surface area contributed by atoms with Crippen LogP contribution < -0.4 is 14.8 Å². The zero-order valence-electron chi connectivity index (χ0n) is 10.3. The first kappa shape index (κ1) is 12.7. The smallest absolute Gasteiger partial charge is 0.175 e. The Kier molecular flexibility index (Phi) is 4.29. The first-order valence-electron chi connectivity index (χ1n) is 6.02. The summed E-state index contributed by atoms with van der Waals surface area (Å²) in [6.45, 7) is 4.40. The molecule has 0 atom stereocenters. The highest BCUT2D eigenvalue weighted by Crippen LogP contribution is 2.42. The summed E-state index contributed by atoms with van der Waals surface area (Å²) >= 11 is 3.56. The van der Waals surface area contributed by atoms with E-state index in [2.05, 4.69) is 34.2 Å². The first-order chi connectivity index (χ1) is 8.27. The summed E-state index contributed by atoms with van der Waals surface area (Å²) in [5, 5.41) is 3.18. The number of halogens is 1. The maximum Gasteiger partial charge on any atom is 0.175 e. The lowest BCUT2D eigenvalue weighted by atomic mass is 10.0. The molecule has 4 heteroatoms. The van der Waals surface area contributed by atoms with Crippen LogP contribution in [0.1, 0.15) is 18.1 Å². The Morgan fingerprint density at radius 3 is 2.65 bits per heavy atom. The van der Waals surface area contributed by atoms with Crippen molar-refractivity contribution < 1.29 is 9.47 Å². The highest BCUT2D eigenvalue weighted by atomic mass is 79.9. The van der Waals surface area contributed by atoms with Gasteiger partial charge >= 0.3 is 0 Å². The van der Waals surface area contributed by atoms with Gasteiger partial charge < -0.3 is 14.8 Å². The molecule has 0 fully saturated rings. The molecule has 94 valence electrons. The highest BCUT2D eigenvalue weighted by molar-refractivity contribution is 9.10. The number of nitrogens with one attached hydrogen (secondary N) is 1. The van der Waals surface area contributed by atoms with Crippen LogP contribution in [-0.2, 0) is 12.8 Å². The highest BCUT2D eigenvalue weighted by Gasteiger charge is 2.21. The minimum Gasteiger partial charge on any atom is -0.486 e. The van der Waals surface area contributed by atoms with Crippen LogP contribution >= 0.6 is 15.9 Å². The van der Waals surface area contributed by atoms with E-state index in [9.17, 15) is 0 Å². The Balaban J connectivity index is 2.42. The van der Waals surface area contributed by atoms with Gasteiger partial charge in [0.1, 0.15) is 13.2 Å². The molecular formula is C13H18BrNO2. The number of likely N-dealkylation sites (N-methyl/N-ethyl adjacent to an activating group) is 1. The second kappa shape index (κ2) is 5.74. The molecule has 1 aromatic rings. The quantitative estimate of drug-likeness (QED) is 0.927. The van der Waals surface area contributed by atoms with E-state index in [4.69, 9.17) is 9.47 Å². The SMILES string of the molecule is CCc1c(CCNC)cc(Br)c2c1OCCO2. The van der Waals surface area contributed by atoms with E-state index in [0.717, 1.165) is 35.4 Å². The topological polar surface area (TPSA) is 30.5 Å². The van der Waals surface area contributed by atoms with Gasteiger partial charge in [-0.15, -0.1) is 0 Å². The molecule has 0 saturated heterocycles. The van der Waals surface area contributed by atoms with Crippen LogP contribution in [0.5, 0.6) is 11.5 Å². The van der Waals surface area contributed by atoms with Crippen LogP contribution in [0.4, 0.5) is 0 Å². The van der Waals surface area contributed by atoms with E-state index in [-0.39, 0.29) is 0 Å². The summed E-state index contributed by atoms with van der Waals surface area (Å²) in [7, 11) is 1.97. The molecule has 1 aliphatic rings. The summed E-state index contributed by atoms with van der Waals surface area (Å²) in [5.41, 5.74) is 2.61. The Bertz CT molecular complexity index is 407. The van der Waals surface area contributed by atoms with Crippen LogP contribution in [0.3, 0.4) is 0 Å². The molecule has 2 rings (SSSR count). The largest absolute Gasteiger partial charge is 0.486 e. The minimum absolute atomic E-state index is 0.630. The lowest BCUT2D eigenvalue weighted by molar-refractivity contribution is 0.168. The third kappa shape index (κ3) is 2.58. The van der Waals surface area contributed by atoms with Crippen LogP contribution in [-0.4, -0.2) is 26.8 Å². The average molecular weight is 300 g/mol. The van der Waals surface area contributed by atoms with Gasteiger partial charge in [0.15, 0.2) is 11.5 Å². The maximum atomic E-state index is 5.77. The second-order valence-electron chi connectivity index (χ2n) is 4.06. The molecule has 0 saturated carbocycles. The molecule has 0 aliphatic carbocycles. The average Bonchev–Trinajstić information content (AvgIpc) is 2.36. The molecule has 1 aromatic carbocycles. The fraction of sp³-hybridized carbons (Fsp3) is 0.538. The molecule has 1 aliphatic heterocycles. The van der Waals surface area contributed by atoms with E-state index >= 15 is 0 Å². The van der Waals surface area contributed by atoms with Gasteiger partial charge in [0.25, 0.3) is 0 Å². The zero-order valence-corrected chi connectivity index (χ0v) is 11.9. The Labute approximate surface area is 111 Å². The van der Waals surface area contributed by atoms with Crippen LogP contribution in [0.25, 0.3) is 0 Å². The molecule has 0 amide bonds. The molecule has 0 spiro atoms. The molecule has 1 N–H and O–H groups in total. The van der Waals surface area contributed by atoms with Crippen molar-refractivity contribution in [1.29, 1.82) is 0 Å². The van der Waals surface area contributed by atoms with Crippen molar-refractivity contribution in [2.24, 2.45) is 0 Å². The van der Waals surface area contributed by atoms with E-state index in [1.54, 1.807) is 0 Å². The third-order valence-electron chi connectivity index (χ3n) is 2.96. The molecule has 17 heavy (non-hydrogen) atoms. The molecule has 0 radical (unpaired) electrons. The van der Waals surface area contributed by atoms with Gasteiger partial charge in [0, 0.05) is 5.56 Å². The summed E-state index contributed by atoms with van der Waals surface area (Å²) in [5.74, 6) is 1.79. The molecule has 0 bridgehead atoms. The van der Waals surface area contributed by atoms with Gasteiger partial charge in [-0.3, -0.25) is 0 Å². The van der Waals surface area contributed by atoms with Crippen molar-refractivity contribution >= 4 is 15.9 Å². The zero-order chi connectivity index (χ0) is 12.3.